The summed E-state index contributed by atoms with van der Waals surface area (Å²) in [7, 11) is 1.82. The van der Waals surface area contributed by atoms with E-state index < -0.39 is 0 Å². The molecule has 0 aliphatic heterocycles. The molecule has 0 amide bonds. The van der Waals surface area contributed by atoms with Crippen molar-refractivity contribution in [1.29, 1.82) is 0 Å². The van der Waals surface area contributed by atoms with Gasteiger partial charge < -0.3 is 10.4 Å². The van der Waals surface area contributed by atoms with Gasteiger partial charge in [0, 0.05) is 11.4 Å². The lowest BCUT2D eigenvalue weighted by Gasteiger charge is -2.06. The van der Waals surface area contributed by atoms with Gasteiger partial charge in [0.15, 0.2) is 0 Å². The minimum atomic E-state index is 0.196. The number of nitrogens with one attached hydrogen (secondary N) is 1. The van der Waals surface area contributed by atoms with Gasteiger partial charge in [0.05, 0.1) is 6.61 Å². The van der Waals surface area contributed by atoms with Gasteiger partial charge in [0.1, 0.15) is 0 Å². The molecule has 3 heteroatoms. The third-order valence-electron chi connectivity index (χ3n) is 0.815. The number of hydrogen-bond donors (Lipinski definition) is 2. The minimum absolute atomic E-state index is 0.196. The van der Waals surface area contributed by atoms with E-state index in [9.17, 15) is 0 Å². The lowest BCUT2D eigenvalue weighted by atomic mass is 10.4. The highest BCUT2D eigenvalue weighted by Gasteiger charge is 1.97. The van der Waals surface area contributed by atoms with Gasteiger partial charge in [-0.25, -0.2) is 0 Å². The predicted molar refractivity (Wildman–Crippen MR) is 33.7 cm³/mol. The molecule has 0 aliphatic carbocycles. The average Bonchev–Trinajstić information content (AvgIpc) is 1.72. The number of likely N-dealkylation sites (N-methyl/N-ethyl adjacent to an activating group) is 1. The normalized spacial score (nSPS) is 14.1. The van der Waals surface area contributed by atoms with Crippen LogP contribution in [0, 0.1) is 0 Å². The highest BCUT2D eigenvalue weighted by molar-refractivity contribution is 9.09. The number of aliphatic hydroxyl groups excluding tert-OH is 1. The Bertz CT molecular complexity index is 33.2. The molecule has 0 radical (unpaired) electrons. The van der Waals surface area contributed by atoms with E-state index in [4.69, 9.17) is 5.11 Å². The Labute approximate surface area is 52.0 Å². The van der Waals surface area contributed by atoms with Crippen molar-refractivity contribution in [3.05, 3.63) is 0 Å². The van der Waals surface area contributed by atoms with Crippen LogP contribution in [0.5, 0.6) is 0 Å². The van der Waals surface area contributed by atoms with Crippen LogP contribution in [0.1, 0.15) is 0 Å². The summed E-state index contributed by atoms with van der Waals surface area (Å²) < 4.78 is 0. The van der Waals surface area contributed by atoms with Crippen molar-refractivity contribution in [2.45, 2.75) is 6.04 Å². The van der Waals surface area contributed by atoms with Crippen LogP contribution < -0.4 is 5.32 Å². The molecular weight excluding hydrogens is 158 g/mol. The molecule has 1 atom stereocenters. The van der Waals surface area contributed by atoms with Gasteiger partial charge in [0.25, 0.3) is 0 Å². The highest BCUT2D eigenvalue weighted by Crippen LogP contribution is 1.85. The molecular formula is C4H10BrNO. The summed E-state index contributed by atoms with van der Waals surface area (Å²) in [5.74, 6) is 0. The molecule has 0 aromatic rings. The Morgan fingerprint density at radius 2 is 2.43 bits per heavy atom. The highest BCUT2D eigenvalue weighted by atomic mass is 79.9. The van der Waals surface area contributed by atoms with Crippen molar-refractivity contribution >= 4 is 15.9 Å². The Morgan fingerprint density at radius 3 is 2.43 bits per heavy atom. The zero-order valence-electron chi connectivity index (χ0n) is 4.32. The molecule has 2 N–H and O–H groups in total. The molecule has 0 spiro atoms. The molecule has 0 rings (SSSR count). The van der Waals surface area contributed by atoms with Gasteiger partial charge >= 0.3 is 0 Å². The van der Waals surface area contributed by atoms with Gasteiger partial charge in [-0.05, 0) is 7.05 Å². The van der Waals surface area contributed by atoms with Crippen LogP contribution in [-0.2, 0) is 0 Å². The largest absolute Gasteiger partial charge is 0.395 e. The number of halogens is 1. The quantitative estimate of drug-likeness (QED) is 0.579. The van der Waals surface area contributed by atoms with Crippen molar-refractivity contribution in [3.8, 4) is 0 Å². The number of hydrogen-bond acceptors (Lipinski definition) is 2. The first-order chi connectivity index (χ1) is 3.35. The maximum Gasteiger partial charge on any atom is 0.0592 e. The van der Waals surface area contributed by atoms with Gasteiger partial charge in [-0.1, -0.05) is 15.9 Å². The summed E-state index contributed by atoms with van der Waals surface area (Å²) in [5.41, 5.74) is 0. The molecule has 0 bridgehead atoms. The third kappa shape index (κ3) is 3.02. The second-order valence-corrected chi connectivity index (χ2v) is 1.97. The molecule has 2 nitrogen and oxygen atoms in total. The molecule has 0 fully saturated rings. The standard InChI is InChI=1S/C4H10BrNO/c1-6-4(2-5)3-7/h4,6-7H,2-3H2,1H3. The van der Waals surface area contributed by atoms with Gasteiger partial charge in [0.2, 0.25) is 0 Å². The molecule has 0 saturated heterocycles. The average molecular weight is 168 g/mol. The first kappa shape index (κ1) is 7.40. The fourth-order valence-corrected chi connectivity index (χ4v) is 0.746. The number of alkyl halides is 1. The lowest BCUT2D eigenvalue weighted by molar-refractivity contribution is 0.260. The molecule has 1 unspecified atom stereocenters. The van der Waals surface area contributed by atoms with Crippen LogP contribution in [0.2, 0.25) is 0 Å². The van der Waals surface area contributed by atoms with Crippen LogP contribution >= 0.6 is 15.9 Å². The van der Waals surface area contributed by atoms with Gasteiger partial charge in [-0.15, -0.1) is 0 Å². The fourth-order valence-electron chi connectivity index (χ4n) is 0.217. The zero-order valence-corrected chi connectivity index (χ0v) is 5.90. The summed E-state index contributed by atoms with van der Waals surface area (Å²) in [5, 5.41) is 12.1. The molecule has 0 aromatic carbocycles. The molecule has 0 aliphatic rings. The van der Waals surface area contributed by atoms with Crippen LogP contribution in [0.3, 0.4) is 0 Å². The third-order valence-corrected chi connectivity index (χ3v) is 1.60. The van der Waals surface area contributed by atoms with Crippen LogP contribution in [0.4, 0.5) is 0 Å². The van der Waals surface area contributed by atoms with E-state index in [1.165, 1.54) is 0 Å². The van der Waals surface area contributed by atoms with E-state index in [2.05, 4.69) is 21.2 Å². The van der Waals surface area contributed by atoms with Crippen molar-refractivity contribution < 1.29 is 5.11 Å². The maximum absolute atomic E-state index is 8.43. The molecule has 0 heterocycles. The minimum Gasteiger partial charge on any atom is -0.395 e. The van der Waals surface area contributed by atoms with Crippen molar-refractivity contribution in [2.75, 3.05) is 19.0 Å². The van der Waals surface area contributed by atoms with Crippen molar-refractivity contribution in [3.63, 3.8) is 0 Å². The Kier molecular flexibility index (Phi) is 4.82. The SMILES string of the molecule is CNC(CO)CBr. The zero-order chi connectivity index (χ0) is 5.70. The van der Waals surface area contributed by atoms with Crippen LogP contribution in [0.15, 0.2) is 0 Å². The second kappa shape index (κ2) is 4.56. The topological polar surface area (TPSA) is 32.3 Å². The van der Waals surface area contributed by atoms with E-state index in [0.29, 0.717) is 0 Å². The van der Waals surface area contributed by atoms with E-state index >= 15 is 0 Å². The molecule has 0 aromatic heterocycles. The van der Waals surface area contributed by atoms with Gasteiger partial charge in [-0.3, -0.25) is 0 Å². The maximum atomic E-state index is 8.43. The molecule has 7 heavy (non-hydrogen) atoms. The summed E-state index contributed by atoms with van der Waals surface area (Å²) >= 11 is 3.21. The summed E-state index contributed by atoms with van der Waals surface area (Å²) in [6, 6.07) is 0.208. The Morgan fingerprint density at radius 1 is 1.86 bits per heavy atom. The summed E-state index contributed by atoms with van der Waals surface area (Å²) in [6.45, 7) is 0.196. The first-order valence-electron chi connectivity index (χ1n) is 2.19. The van der Waals surface area contributed by atoms with E-state index in [-0.39, 0.29) is 12.6 Å². The van der Waals surface area contributed by atoms with E-state index in [1.807, 2.05) is 7.05 Å². The molecule has 0 saturated carbocycles. The van der Waals surface area contributed by atoms with Crippen LogP contribution in [0.25, 0.3) is 0 Å². The lowest BCUT2D eigenvalue weighted by Crippen LogP contribution is -2.30. The predicted octanol–water partition coefficient (Wildman–Crippen LogP) is -0.0384. The monoisotopic (exact) mass is 167 g/mol. The fraction of sp³-hybridized carbons (Fsp3) is 1.00. The number of aliphatic hydroxyl groups is 1. The summed E-state index contributed by atoms with van der Waals surface area (Å²) in [6.07, 6.45) is 0. The van der Waals surface area contributed by atoms with E-state index in [1.54, 1.807) is 0 Å². The van der Waals surface area contributed by atoms with Crippen molar-refractivity contribution in [2.24, 2.45) is 0 Å². The second-order valence-electron chi connectivity index (χ2n) is 1.32. The van der Waals surface area contributed by atoms with Crippen LogP contribution in [-0.4, -0.2) is 30.1 Å². The van der Waals surface area contributed by atoms with E-state index in [0.717, 1.165) is 5.33 Å². The van der Waals surface area contributed by atoms with Gasteiger partial charge in [-0.2, -0.15) is 0 Å². The first-order valence-corrected chi connectivity index (χ1v) is 3.31. The van der Waals surface area contributed by atoms with Crippen molar-refractivity contribution in [1.82, 2.24) is 5.32 Å². The molecule has 44 valence electrons. The smallest absolute Gasteiger partial charge is 0.0592 e. The Balaban J connectivity index is 2.99. The Hall–Kier alpha value is 0.400. The number of rotatable bonds is 3. The summed E-state index contributed by atoms with van der Waals surface area (Å²) in [4.78, 5) is 0.